The quantitative estimate of drug-likeness (QED) is 0.234. The number of carbonyl (C=O) groups excluding carboxylic acids is 2. The molecule has 3 N–H and O–H groups in total. The number of benzene rings is 3. The van der Waals surface area contributed by atoms with E-state index in [9.17, 15) is 22.6 Å². The monoisotopic (exact) mass is 632 g/mol. The molecule has 0 bridgehead atoms. The predicted octanol–water partition coefficient (Wildman–Crippen LogP) is 6.44. The van der Waals surface area contributed by atoms with Crippen LogP contribution in [-0.4, -0.2) is 37.9 Å². The first kappa shape index (κ1) is 32.7. The molecule has 0 saturated heterocycles. The lowest BCUT2D eigenvalue weighted by molar-refractivity contribution is -0.141. The van der Waals surface area contributed by atoms with Gasteiger partial charge in [-0.1, -0.05) is 82.6 Å². The van der Waals surface area contributed by atoms with Crippen molar-refractivity contribution in [3.8, 4) is 5.75 Å². The van der Waals surface area contributed by atoms with Gasteiger partial charge in [-0.05, 0) is 83.4 Å². The zero-order valence-electron chi connectivity index (χ0n) is 26.7. The van der Waals surface area contributed by atoms with Crippen molar-refractivity contribution in [2.45, 2.75) is 88.5 Å². The van der Waals surface area contributed by atoms with E-state index in [4.69, 9.17) is 4.74 Å². The van der Waals surface area contributed by atoms with Gasteiger partial charge in [0.15, 0.2) is 0 Å². The molecule has 1 saturated carbocycles. The van der Waals surface area contributed by atoms with E-state index in [2.05, 4.69) is 17.6 Å². The Labute approximate surface area is 266 Å². The Kier molecular flexibility index (Phi) is 9.16. The summed E-state index contributed by atoms with van der Waals surface area (Å²) < 4.78 is 40.6. The molecule has 0 radical (unpaired) electrons. The van der Waals surface area contributed by atoms with E-state index in [-0.39, 0.29) is 28.5 Å². The molecule has 0 unspecified atom stereocenters. The number of fused-ring (bicyclic) bond motifs is 3. The van der Waals surface area contributed by atoms with Gasteiger partial charge < -0.3 is 15.4 Å². The highest BCUT2D eigenvalue weighted by Gasteiger charge is 2.55. The van der Waals surface area contributed by atoms with Crippen LogP contribution >= 0.6 is 0 Å². The SMILES string of the molecule is COc1ccccc1NC(=O)[C@@H](Cc1ccccc1)NC(=O)[C@]1(C)CCC[C@]2(C)c3cc(S(=O)(=O)O)c(C(C)C)cc3CC[C@@H]12. The minimum Gasteiger partial charge on any atom is -0.495 e. The molecule has 45 heavy (non-hydrogen) atoms. The van der Waals surface area contributed by atoms with Gasteiger partial charge in [-0.25, -0.2) is 0 Å². The van der Waals surface area contributed by atoms with Gasteiger partial charge in [0, 0.05) is 6.42 Å². The summed E-state index contributed by atoms with van der Waals surface area (Å²) in [6.07, 6.45) is 3.97. The second-order valence-corrected chi connectivity index (χ2v) is 14.8. The largest absolute Gasteiger partial charge is 0.495 e. The Morgan fingerprint density at radius 3 is 2.38 bits per heavy atom. The number of aryl methyl sites for hydroxylation is 1. The molecule has 3 aromatic carbocycles. The zero-order valence-corrected chi connectivity index (χ0v) is 27.5. The standard InChI is InChI=1S/C36H44N2O6S/c1-23(2)26-21-25-16-17-32-35(3,27(25)22-31(26)45(41,42)43)18-11-19-36(32,4)34(40)38-29(20-24-12-7-6-8-13-24)33(39)37-28-14-9-10-15-30(28)44-5/h6-10,12-15,21-23,29,32H,11,16-20H2,1-5H3,(H,37,39)(H,38,40)(H,41,42,43)/t29-,32-,35-,36-/m1/s1. The molecule has 2 amide bonds. The number of anilines is 1. The van der Waals surface area contributed by atoms with Crippen LogP contribution < -0.4 is 15.4 Å². The highest BCUT2D eigenvalue weighted by atomic mass is 32.2. The summed E-state index contributed by atoms with van der Waals surface area (Å²) in [5, 5.41) is 6.09. The van der Waals surface area contributed by atoms with Crippen molar-refractivity contribution in [1.82, 2.24) is 5.32 Å². The topological polar surface area (TPSA) is 122 Å². The first-order valence-electron chi connectivity index (χ1n) is 15.7. The van der Waals surface area contributed by atoms with Crippen molar-refractivity contribution >= 4 is 27.6 Å². The summed E-state index contributed by atoms with van der Waals surface area (Å²) in [6.45, 7) is 7.95. The Bertz CT molecular complexity index is 1690. The van der Waals surface area contributed by atoms with Gasteiger partial charge >= 0.3 is 0 Å². The number of nitrogens with one attached hydrogen (secondary N) is 2. The van der Waals surface area contributed by atoms with Gasteiger partial charge in [-0.3, -0.25) is 14.1 Å². The van der Waals surface area contributed by atoms with Crippen LogP contribution in [0.15, 0.2) is 71.6 Å². The summed E-state index contributed by atoms with van der Waals surface area (Å²) in [5.41, 5.74) is 2.73. The molecule has 0 spiro atoms. The van der Waals surface area contributed by atoms with Crippen molar-refractivity contribution < 1.29 is 27.3 Å². The fourth-order valence-corrected chi connectivity index (χ4v) is 8.67. The van der Waals surface area contributed by atoms with Crippen molar-refractivity contribution in [2.75, 3.05) is 12.4 Å². The molecule has 0 aliphatic heterocycles. The third-order valence-corrected chi connectivity index (χ3v) is 11.1. The molecule has 4 atom stereocenters. The molecule has 2 aliphatic carbocycles. The van der Waals surface area contributed by atoms with Crippen molar-refractivity contribution in [3.05, 3.63) is 89.0 Å². The van der Waals surface area contributed by atoms with E-state index in [1.54, 1.807) is 25.3 Å². The molecule has 0 heterocycles. The van der Waals surface area contributed by atoms with Crippen LogP contribution in [0.4, 0.5) is 5.69 Å². The van der Waals surface area contributed by atoms with Crippen LogP contribution in [0.1, 0.15) is 81.5 Å². The van der Waals surface area contributed by atoms with E-state index >= 15 is 0 Å². The highest BCUT2D eigenvalue weighted by Crippen LogP contribution is 2.58. The average molecular weight is 633 g/mol. The molecule has 8 nitrogen and oxygen atoms in total. The number of hydrogen-bond donors (Lipinski definition) is 3. The smallest absolute Gasteiger partial charge is 0.294 e. The first-order valence-corrected chi connectivity index (χ1v) is 17.2. The number of ether oxygens (including phenoxy) is 1. The van der Waals surface area contributed by atoms with Crippen LogP contribution in [0.2, 0.25) is 0 Å². The summed E-state index contributed by atoms with van der Waals surface area (Å²) >= 11 is 0. The summed E-state index contributed by atoms with van der Waals surface area (Å²) in [4.78, 5) is 28.2. The number of carbonyl (C=O) groups is 2. The zero-order chi connectivity index (χ0) is 32.6. The Morgan fingerprint density at radius 2 is 1.71 bits per heavy atom. The average Bonchev–Trinajstić information content (AvgIpc) is 3.00. The minimum absolute atomic E-state index is 0.0502. The molecule has 9 heteroatoms. The Hall–Kier alpha value is -3.69. The van der Waals surface area contributed by atoms with Crippen molar-refractivity contribution in [2.24, 2.45) is 11.3 Å². The van der Waals surface area contributed by atoms with E-state index in [0.717, 1.165) is 36.0 Å². The van der Waals surface area contributed by atoms with Crippen LogP contribution in [0.25, 0.3) is 0 Å². The molecule has 240 valence electrons. The normalized spacial score (nSPS) is 23.4. The fraction of sp³-hybridized carbons (Fsp3) is 0.444. The molecule has 2 aliphatic rings. The number of amides is 2. The van der Waals surface area contributed by atoms with Gasteiger partial charge in [0.05, 0.1) is 23.1 Å². The van der Waals surface area contributed by atoms with E-state index in [0.29, 0.717) is 36.3 Å². The van der Waals surface area contributed by atoms with Crippen LogP contribution in [0, 0.1) is 11.3 Å². The lowest BCUT2D eigenvalue weighted by Gasteiger charge is -2.54. The maximum Gasteiger partial charge on any atom is 0.294 e. The second kappa shape index (κ2) is 12.6. The maximum atomic E-state index is 14.4. The summed E-state index contributed by atoms with van der Waals surface area (Å²) in [5.74, 6) is -0.182. The molecule has 0 aromatic heterocycles. The lowest BCUT2D eigenvalue weighted by atomic mass is 9.49. The molecular weight excluding hydrogens is 588 g/mol. The van der Waals surface area contributed by atoms with Crippen LogP contribution in [-0.2, 0) is 38.0 Å². The van der Waals surface area contributed by atoms with Crippen molar-refractivity contribution in [3.63, 3.8) is 0 Å². The van der Waals surface area contributed by atoms with E-state index in [1.807, 2.05) is 69.3 Å². The number of methoxy groups -OCH3 is 1. The van der Waals surface area contributed by atoms with Gasteiger partial charge in [-0.2, -0.15) is 8.42 Å². The van der Waals surface area contributed by atoms with Gasteiger partial charge in [0.25, 0.3) is 10.1 Å². The molecular formula is C36H44N2O6S. The predicted molar refractivity (Wildman–Crippen MR) is 175 cm³/mol. The van der Waals surface area contributed by atoms with Crippen molar-refractivity contribution in [1.29, 1.82) is 0 Å². The van der Waals surface area contributed by atoms with Gasteiger partial charge in [-0.15, -0.1) is 0 Å². The number of para-hydroxylation sites is 2. The molecule has 1 fully saturated rings. The van der Waals surface area contributed by atoms with Gasteiger partial charge in [0.2, 0.25) is 11.8 Å². The summed E-state index contributed by atoms with van der Waals surface area (Å²) in [6, 6.07) is 19.5. The molecule has 3 aromatic rings. The van der Waals surface area contributed by atoms with Gasteiger partial charge in [0.1, 0.15) is 11.8 Å². The first-order chi connectivity index (χ1) is 21.3. The number of rotatable bonds is 9. The van der Waals surface area contributed by atoms with E-state index < -0.39 is 27.0 Å². The molecule has 5 rings (SSSR count). The lowest BCUT2D eigenvalue weighted by Crippen LogP contribution is -2.58. The maximum absolute atomic E-state index is 14.4. The van der Waals surface area contributed by atoms with Crippen LogP contribution in [0.3, 0.4) is 0 Å². The fourth-order valence-electron chi connectivity index (χ4n) is 7.81. The Morgan fingerprint density at radius 1 is 1.02 bits per heavy atom. The summed E-state index contributed by atoms with van der Waals surface area (Å²) in [7, 11) is -2.90. The van der Waals surface area contributed by atoms with Crippen LogP contribution in [0.5, 0.6) is 5.75 Å². The minimum atomic E-state index is -4.44. The third kappa shape index (κ3) is 6.38. The van der Waals surface area contributed by atoms with E-state index in [1.165, 1.54) is 0 Å². The highest BCUT2D eigenvalue weighted by molar-refractivity contribution is 7.85. The second-order valence-electron chi connectivity index (χ2n) is 13.4. The Balaban J connectivity index is 1.48. The number of hydrogen-bond acceptors (Lipinski definition) is 5. The third-order valence-electron chi connectivity index (χ3n) is 10.2.